The summed E-state index contributed by atoms with van der Waals surface area (Å²) in [7, 11) is 6.22. The molecule has 0 unspecified atom stereocenters. The van der Waals surface area contributed by atoms with Crippen LogP contribution in [-0.4, -0.2) is 173 Å². The van der Waals surface area contributed by atoms with E-state index in [1.54, 1.807) is 79.2 Å². The van der Waals surface area contributed by atoms with E-state index < -0.39 is 16.6 Å². The second-order valence-corrected chi connectivity index (χ2v) is 45.7. The van der Waals surface area contributed by atoms with Crippen molar-refractivity contribution in [3.05, 3.63) is 306 Å². The fourth-order valence-corrected chi connectivity index (χ4v) is 28.6. The number of rotatable bonds is 31. The predicted octanol–water partition coefficient (Wildman–Crippen LogP) is 18.1. The maximum atomic E-state index is 11.6. The fraction of sp³-hybridized carbons (Fsp3) is 0.333. The SMILES string of the molecule is COCc1cc(CCN2CCC(n3ccc4ccc(C(N)=O)cc43)CC2)c(OC)c(Br)n1.COCc1cc(CCN2CCC(n3ccc4ccc(C(N)=O)cc43)CC2)c(OC)cn1.COc1c(C=O)cc(CO[Si](c2ccccc2)(c2ccccc2)C(C)(C)C)nc1Br.COc1ccc(CO)nc1Br.COc1ccc(CO[Si](c2ccccc2)(c2ccccc2)C(C)(C)C)nc1Br. The Hall–Kier alpha value is -10.2. The highest BCUT2D eigenvalue weighted by Gasteiger charge is 2.52. The van der Waals surface area contributed by atoms with Crippen molar-refractivity contribution < 1.29 is 61.5 Å². The molecule has 0 atom stereocenters. The van der Waals surface area contributed by atoms with Crippen LogP contribution in [0.5, 0.6) is 28.7 Å². The molecule has 2 fully saturated rings. The van der Waals surface area contributed by atoms with Crippen molar-refractivity contribution in [1.29, 1.82) is 0 Å². The molecule has 24 nitrogen and oxygen atoms in total. The Kier molecular flexibility index (Phi) is 37.7. The standard InChI is InChI=1S/C24H29BrN4O3.C24H26BrNO3Si.C24H30N4O3.C23H26BrNO2Si.C7H8BrNO2/c1-31-15-19-13-17(22(32-2)23(25)27-19)5-9-28-10-7-20(8-11-28)29-12-6-16-3-4-18(24(26)30)14-21(16)29;1-24(2,3)30(20-11-7-5-8-12-20,21-13-9-6-10-14-21)29-17-19-15-18(16-27)22(28-4)23(25)26-19;1-30-16-20-13-18(23(31-2)15-26-20)5-9-27-10-7-21(8-11-27)28-12-6-17-3-4-19(24(25)29)14-22(17)28;1-23(2,3)28(19-11-7-5-8-12-19,20-13-9-6-10-14-20)27-17-18-15-16-21(26-4)22(24)25-18;1-11-6-3-2-5(4-10)9-7(6)8/h3-4,6,12-14,20H,5,7-11,15H2,1-2H3,(H2,26,30);5-16H,17H2,1-4H3;3-4,6,12-15,21H,5,7-11,16H2,1-2H3,(H2,25,29);5-16H,17H2,1-4H3;2-3,10H,4H2,1H3. The molecular formula is C102H119Br4N11O13Si2. The van der Waals surface area contributed by atoms with E-state index in [1.165, 1.54) is 33.4 Å². The molecule has 0 radical (unpaired) electrons. The molecule has 0 spiro atoms. The summed E-state index contributed by atoms with van der Waals surface area (Å²) in [6, 6.07) is 71.8. The van der Waals surface area contributed by atoms with Crippen molar-refractivity contribution in [2.45, 2.75) is 135 Å². The van der Waals surface area contributed by atoms with E-state index in [4.69, 9.17) is 58.6 Å². The quantitative estimate of drug-likeness (QED) is 0.0207. The first-order chi connectivity index (χ1) is 63.6. The Morgan fingerprint density at radius 2 is 0.811 bits per heavy atom. The van der Waals surface area contributed by atoms with E-state index >= 15 is 0 Å². The third-order valence-corrected chi connectivity index (χ3v) is 36.0. The van der Waals surface area contributed by atoms with Crippen LogP contribution in [0, 0.1) is 0 Å². The first-order valence-corrected chi connectivity index (χ1v) is 50.7. The van der Waals surface area contributed by atoms with E-state index in [9.17, 15) is 14.4 Å². The Morgan fingerprint density at radius 1 is 0.432 bits per heavy atom. The molecular weight excluding hydrogens is 1960 g/mol. The minimum Gasteiger partial charge on any atom is -0.495 e. The van der Waals surface area contributed by atoms with Gasteiger partial charge in [-0.25, -0.2) is 19.9 Å². The number of aldehydes is 1. The van der Waals surface area contributed by atoms with Crippen LogP contribution in [-0.2, 0) is 64.2 Å². The third kappa shape index (κ3) is 25.7. The maximum absolute atomic E-state index is 11.6. The van der Waals surface area contributed by atoms with Crippen LogP contribution in [0.3, 0.4) is 0 Å². The smallest absolute Gasteiger partial charge is 0.261 e. The minimum atomic E-state index is -2.67. The number of piperidine rings is 2. The number of hydrogen-bond donors (Lipinski definition) is 3. The van der Waals surface area contributed by atoms with Crippen LogP contribution in [0.15, 0.2) is 249 Å². The van der Waals surface area contributed by atoms with E-state index in [-0.39, 0.29) is 35.1 Å². The van der Waals surface area contributed by atoms with Gasteiger partial charge in [-0.2, -0.15) is 0 Å². The molecule has 2 amide bonds. The number of halogens is 4. The molecule has 2 aliphatic heterocycles. The molecule has 13 aromatic rings. The van der Waals surface area contributed by atoms with Crippen molar-refractivity contribution in [1.82, 2.24) is 43.9 Å². The number of amides is 2. The van der Waals surface area contributed by atoms with Crippen LogP contribution in [0.4, 0.5) is 0 Å². The lowest BCUT2D eigenvalue weighted by atomic mass is 10.0. The Bertz CT molecular complexity index is 5860. The van der Waals surface area contributed by atoms with Gasteiger partial charge in [0, 0.05) is 106 Å². The number of fused-ring (bicyclic) bond motifs is 2. The fourth-order valence-electron chi connectivity index (χ4n) is 17.2. The highest BCUT2D eigenvalue weighted by Crippen LogP contribution is 2.41. The van der Waals surface area contributed by atoms with Crippen molar-refractivity contribution in [2.75, 3.05) is 89.0 Å². The summed E-state index contributed by atoms with van der Waals surface area (Å²) in [4.78, 5) is 61.7. The first-order valence-electron chi connectivity index (χ1n) is 43.7. The van der Waals surface area contributed by atoms with E-state index in [2.05, 4.69) is 295 Å². The zero-order valence-corrected chi connectivity index (χ0v) is 85.6. The van der Waals surface area contributed by atoms with Crippen LogP contribution >= 0.6 is 63.7 Å². The van der Waals surface area contributed by atoms with Gasteiger partial charge in [0.1, 0.15) is 24.2 Å². The number of benzene rings is 6. The minimum absolute atomic E-state index is 0.0530. The molecule has 5 N–H and O–H groups in total. The number of carbonyl (C=O) groups is 3. The molecule has 7 aromatic heterocycles. The van der Waals surface area contributed by atoms with Crippen LogP contribution < -0.4 is 55.9 Å². The maximum Gasteiger partial charge on any atom is 0.261 e. The van der Waals surface area contributed by atoms with E-state index in [0.717, 1.165) is 145 Å². The lowest BCUT2D eigenvalue weighted by Crippen LogP contribution is -2.66. The molecule has 0 bridgehead atoms. The number of aromatic nitrogens is 7. The van der Waals surface area contributed by atoms with Gasteiger partial charge in [-0.3, -0.25) is 19.4 Å². The van der Waals surface area contributed by atoms with Crippen LogP contribution in [0.1, 0.15) is 150 Å². The molecule has 0 aliphatic carbocycles. The Morgan fingerprint density at radius 3 is 1.20 bits per heavy atom. The summed E-state index contributed by atoms with van der Waals surface area (Å²) in [5, 5.41) is 15.7. The average molecular weight is 2080 g/mol. The molecule has 6 aromatic carbocycles. The number of methoxy groups -OCH3 is 7. The number of aliphatic hydroxyl groups excluding tert-OH is 1. The van der Waals surface area contributed by atoms with Gasteiger partial charge in [0.25, 0.3) is 16.6 Å². The largest absolute Gasteiger partial charge is 0.495 e. The number of likely N-dealkylation sites (tertiary alicyclic amines) is 2. The van der Waals surface area contributed by atoms with Gasteiger partial charge in [-0.1, -0.05) is 175 Å². The number of primary amides is 2. The number of ether oxygens (including phenoxy) is 7. The molecule has 696 valence electrons. The summed E-state index contributed by atoms with van der Waals surface area (Å²) < 4.78 is 58.0. The number of hydrogen-bond acceptors (Lipinski definition) is 20. The van der Waals surface area contributed by atoms with Gasteiger partial charge >= 0.3 is 0 Å². The zero-order chi connectivity index (χ0) is 94.7. The van der Waals surface area contributed by atoms with E-state index in [0.29, 0.717) is 91.0 Å². The summed E-state index contributed by atoms with van der Waals surface area (Å²) in [5.41, 5.74) is 21.0. The summed E-state index contributed by atoms with van der Waals surface area (Å²) in [5.74, 6) is 2.67. The molecule has 2 aliphatic rings. The highest BCUT2D eigenvalue weighted by atomic mass is 79.9. The van der Waals surface area contributed by atoms with Crippen molar-refractivity contribution in [3.63, 3.8) is 0 Å². The third-order valence-electron chi connectivity index (χ3n) is 23.8. The number of carbonyl (C=O) groups excluding carboxylic acids is 3. The van der Waals surface area contributed by atoms with Crippen molar-refractivity contribution >= 4 is 141 Å². The molecule has 30 heteroatoms. The molecule has 9 heterocycles. The lowest BCUT2D eigenvalue weighted by molar-refractivity contribution is 0.0992. The second kappa shape index (κ2) is 48.7. The topological polar surface area (TPSA) is 287 Å². The average Bonchev–Trinajstić information content (AvgIpc) is 1.19. The van der Waals surface area contributed by atoms with Gasteiger partial charge in [0.2, 0.25) is 11.8 Å². The molecule has 132 heavy (non-hydrogen) atoms. The molecule has 0 saturated carbocycles. The van der Waals surface area contributed by atoms with E-state index in [1.807, 2.05) is 48.5 Å². The summed E-state index contributed by atoms with van der Waals surface area (Å²) in [6.45, 7) is 21.2. The highest BCUT2D eigenvalue weighted by molar-refractivity contribution is 9.11. The number of nitrogens with two attached hydrogens (primary N) is 2. The van der Waals surface area contributed by atoms with Crippen LogP contribution in [0.2, 0.25) is 10.1 Å². The second-order valence-electron chi connectivity index (χ2n) is 34.1. The monoisotopic (exact) mass is 2080 g/mol. The van der Waals surface area contributed by atoms with Gasteiger partial charge < -0.3 is 77.5 Å². The zero-order valence-electron chi connectivity index (χ0n) is 77.2. The first kappa shape index (κ1) is 102. The van der Waals surface area contributed by atoms with Gasteiger partial charge in [-0.05, 0) is 228 Å². The lowest BCUT2D eigenvalue weighted by Gasteiger charge is -2.43. The number of nitrogens with zero attached hydrogens (tertiary/aromatic N) is 9. The summed E-state index contributed by atoms with van der Waals surface area (Å²) >= 11 is 13.6. The van der Waals surface area contributed by atoms with Crippen molar-refractivity contribution in [2.24, 2.45) is 11.5 Å². The Balaban J connectivity index is 0.000000163. The molecule has 15 rings (SSSR count). The Labute approximate surface area is 810 Å². The predicted molar refractivity (Wildman–Crippen MR) is 540 cm³/mol. The van der Waals surface area contributed by atoms with Gasteiger partial charge in [-0.15, -0.1) is 0 Å². The van der Waals surface area contributed by atoms with Gasteiger partial charge in [0.05, 0.1) is 109 Å². The normalized spacial score (nSPS) is 13.4. The van der Waals surface area contributed by atoms with Crippen molar-refractivity contribution in [3.8, 4) is 28.7 Å². The number of pyridine rings is 5. The molecule has 2 saturated heterocycles. The van der Waals surface area contributed by atoms with Crippen LogP contribution in [0.25, 0.3) is 21.8 Å². The number of aliphatic hydroxyl groups is 1. The van der Waals surface area contributed by atoms with Gasteiger partial charge in [0.15, 0.2) is 29.3 Å². The summed E-state index contributed by atoms with van der Waals surface area (Å²) in [6.07, 6.45) is 12.9.